The highest BCUT2D eigenvalue weighted by molar-refractivity contribution is 5.89. The zero-order chi connectivity index (χ0) is 25.0. The van der Waals surface area contributed by atoms with E-state index >= 15 is 0 Å². The minimum absolute atomic E-state index is 0. The molecule has 30 heavy (non-hydrogen) atoms. The van der Waals surface area contributed by atoms with Crippen LogP contribution in [0.3, 0.4) is 0 Å². The quantitative estimate of drug-likeness (QED) is 0.541. The maximum atomic E-state index is 11.8. The first-order valence-corrected chi connectivity index (χ1v) is 10.2. The van der Waals surface area contributed by atoms with Crippen molar-refractivity contribution >= 4 is 23.3 Å². The summed E-state index contributed by atoms with van der Waals surface area (Å²) in [5.74, 6) is -0.896. The van der Waals surface area contributed by atoms with Crippen LogP contribution in [0.1, 0.15) is 80.4 Å². The first-order chi connectivity index (χ1) is 13.3. The molecular formula is C22H46F3NO4. The van der Waals surface area contributed by atoms with Crippen molar-refractivity contribution in [1.29, 1.82) is 0 Å². The molecule has 0 rings (SSSR count). The zero-order valence-corrected chi connectivity index (χ0v) is 20.2. The van der Waals surface area contributed by atoms with Gasteiger partial charge in [0.1, 0.15) is 11.6 Å². The maximum absolute atomic E-state index is 11.8. The van der Waals surface area contributed by atoms with Crippen molar-refractivity contribution in [1.82, 2.24) is 5.32 Å². The third-order valence-electron chi connectivity index (χ3n) is 4.93. The molecule has 0 fully saturated rings. The van der Waals surface area contributed by atoms with Gasteiger partial charge in [-0.05, 0) is 38.5 Å². The standard InChI is InChI=1S/C8H12F3NO2.2C7H14O.3H2/c1-4(2)6(5(3)13)12-7(14)8(9,10)11;2*1-5(2)6(3)7(4)8;;;/h4,6H,1-3H3,(H,12,14);2*5-6H,1-4H3;3*1H/t3*6-;;;/m000.../s1. The van der Waals surface area contributed by atoms with Crippen LogP contribution >= 0.6 is 0 Å². The van der Waals surface area contributed by atoms with E-state index in [2.05, 4.69) is 27.7 Å². The molecule has 0 aliphatic heterocycles. The SMILES string of the molecule is CC(=O)[C@@H](C)C(C)C.CC(=O)[C@@H](C)C(C)C.CC(=O)[C@@H](NC(=O)C(F)(F)F)C(C)C.[HH].[HH].[HH]. The Morgan fingerprint density at radius 3 is 1.03 bits per heavy atom. The van der Waals surface area contributed by atoms with Crippen molar-refractivity contribution in [2.45, 2.75) is 88.4 Å². The normalized spacial score (nSPS) is 14.0. The van der Waals surface area contributed by atoms with Crippen molar-refractivity contribution < 1.29 is 36.6 Å². The second kappa shape index (κ2) is 15.1. The lowest BCUT2D eigenvalue weighted by atomic mass is 9.95. The summed E-state index contributed by atoms with van der Waals surface area (Å²) in [6.45, 7) is 19.7. The van der Waals surface area contributed by atoms with Crippen LogP contribution in [0.4, 0.5) is 13.2 Å². The highest BCUT2D eigenvalue weighted by Gasteiger charge is 2.40. The van der Waals surface area contributed by atoms with Gasteiger partial charge < -0.3 is 5.32 Å². The number of ketones is 3. The fourth-order valence-electron chi connectivity index (χ4n) is 1.90. The fraction of sp³-hybridized carbons (Fsp3) is 0.818. The van der Waals surface area contributed by atoms with Crippen molar-refractivity contribution in [2.75, 3.05) is 0 Å². The van der Waals surface area contributed by atoms with E-state index in [4.69, 9.17) is 0 Å². The number of halogens is 3. The van der Waals surface area contributed by atoms with Gasteiger partial charge >= 0.3 is 12.1 Å². The average molecular weight is 446 g/mol. The predicted octanol–water partition coefficient (Wildman–Crippen LogP) is 5.75. The maximum Gasteiger partial charge on any atom is 0.471 e. The van der Waals surface area contributed by atoms with Gasteiger partial charge in [0.2, 0.25) is 0 Å². The highest BCUT2D eigenvalue weighted by atomic mass is 19.4. The fourth-order valence-corrected chi connectivity index (χ4v) is 1.90. The molecule has 0 aliphatic carbocycles. The molecule has 0 saturated carbocycles. The van der Waals surface area contributed by atoms with Crippen molar-refractivity contribution in [2.24, 2.45) is 29.6 Å². The lowest BCUT2D eigenvalue weighted by Crippen LogP contribution is -2.48. The number of alkyl halides is 3. The summed E-state index contributed by atoms with van der Waals surface area (Å²) in [5.41, 5.74) is 0. The molecule has 0 radical (unpaired) electrons. The van der Waals surface area contributed by atoms with E-state index in [0.717, 1.165) is 6.92 Å². The van der Waals surface area contributed by atoms with Crippen LogP contribution in [-0.4, -0.2) is 35.5 Å². The van der Waals surface area contributed by atoms with Crippen LogP contribution in [-0.2, 0) is 19.2 Å². The van der Waals surface area contributed by atoms with Crippen molar-refractivity contribution in [3.63, 3.8) is 0 Å². The molecule has 184 valence electrons. The summed E-state index contributed by atoms with van der Waals surface area (Å²) in [6.07, 6.45) is -4.94. The molecule has 0 heterocycles. The van der Waals surface area contributed by atoms with Crippen molar-refractivity contribution in [3.8, 4) is 0 Å². The summed E-state index contributed by atoms with van der Waals surface area (Å²) in [4.78, 5) is 42.5. The number of hydrogen-bond acceptors (Lipinski definition) is 4. The third kappa shape index (κ3) is 16.1. The summed E-state index contributed by atoms with van der Waals surface area (Å²) >= 11 is 0. The van der Waals surface area contributed by atoms with Gasteiger partial charge in [-0.25, -0.2) is 0 Å². The molecule has 0 saturated heterocycles. The molecule has 1 N–H and O–H groups in total. The molecular weight excluding hydrogens is 399 g/mol. The first-order valence-electron chi connectivity index (χ1n) is 10.2. The van der Waals surface area contributed by atoms with Gasteiger partial charge in [-0.15, -0.1) is 0 Å². The number of carbonyl (C=O) groups is 4. The molecule has 8 heteroatoms. The Morgan fingerprint density at radius 1 is 0.633 bits per heavy atom. The molecule has 0 bridgehead atoms. The molecule has 5 nitrogen and oxygen atoms in total. The molecule has 0 aromatic carbocycles. The Balaban J connectivity index is -0.0000000840. The number of amides is 1. The van der Waals surface area contributed by atoms with E-state index in [0.29, 0.717) is 23.4 Å². The van der Waals surface area contributed by atoms with E-state index in [9.17, 15) is 32.3 Å². The average Bonchev–Trinajstić information content (AvgIpc) is 2.57. The van der Waals surface area contributed by atoms with Gasteiger partial charge in [-0.2, -0.15) is 13.2 Å². The summed E-state index contributed by atoms with van der Waals surface area (Å²) in [7, 11) is 0. The minimum atomic E-state index is -4.94. The topological polar surface area (TPSA) is 80.3 Å². The molecule has 0 aromatic heterocycles. The number of hydrogen-bond donors (Lipinski definition) is 1. The summed E-state index contributed by atoms with van der Waals surface area (Å²) in [5, 5.41) is 1.64. The largest absolute Gasteiger partial charge is 0.471 e. The Bertz CT molecular complexity index is 546. The van der Waals surface area contributed by atoms with Gasteiger partial charge in [0.15, 0.2) is 5.78 Å². The van der Waals surface area contributed by atoms with Gasteiger partial charge in [0, 0.05) is 16.1 Å². The van der Waals surface area contributed by atoms with E-state index in [1.165, 1.54) is 0 Å². The van der Waals surface area contributed by atoms with E-state index in [1.54, 1.807) is 33.0 Å². The zero-order valence-electron chi connectivity index (χ0n) is 20.2. The lowest BCUT2D eigenvalue weighted by molar-refractivity contribution is -0.175. The van der Waals surface area contributed by atoms with Gasteiger partial charge in [0.25, 0.3) is 0 Å². The smallest absolute Gasteiger partial charge is 0.338 e. The predicted molar refractivity (Wildman–Crippen MR) is 119 cm³/mol. The molecule has 0 spiro atoms. The second-order valence-electron chi connectivity index (χ2n) is 8.59. The van der Waals surface area contributed by atoms with E-state index in [1.807, 2.05) is 13.8 Å². The minimum Gasteiger partial charge on any atom is -0.338 e. The summed E-state index contributed by atoms with van der Waals surface area (Å²) < 4.78 is 35.4. The van der Waals surface area contributed by atoms with Gasteiger partial charge in [0.05, 0.1) is 6.04 Å². The molecule has 0 unspecified atom stereocenters. The van der Waals surface area contributed by atoms with E-state index < -0.39 is 23.9 Å². The first kappa shape index (κ1) is 32.9. The van der Waals surface area contributed by atoms with Crippen molar-refractivity contribution in [3.05, 3.63) is 0 Å². The van der Waals surface area contributed by atoms with Crippen LogP contribution < -0.4 is 5.32 Å². The Kier molecular flexibility index (Phi) is 16.6. The molecule has 3 atom stereocenters. The number of nitrogens with one attached hydrogen (secondary N) is 1. The third-order valence-corrected chi connectivity index (χ3v) is 4.93. The Morgan fingerprint density at radius 2 is 0.933 bits per heavy atom. The monoisotopic (exact) mass is 445 g/mol. The number of rotatable bonds is 7. The Labute approximate surface area is 184 Å². The van der Waals surface area contributed by atoms with E-state index in [-0.39, 0.29) is 22.0 Å². The van der Waals surface area contributed by atoms with Crippen LogP contribution in [0, 0.1) is 29.6 Å². The van der Waals surface area contributed by atoms with Crippen LogP contribution in [0.25, 0.3) is 0 Å². The van der Waals surface area contributed by atoms with Gasteiger partial charge in [-0.3, -0.25) is 19.2 Å². The second-order valence-corrected chi connectivity index (χ2v) is 8.59. The molecule has 0 aliphatic rings. The van der Waals surface area contributed by atoms with Crippen LogP contribution in [0.15, 0.2) is 0 Å². The lowest BCUT2D eigenvalue weighted by Gasteiger charge is -2.19. The number of carbonyl (C=O) groups excluding carboxylic acids is 4. The molecule has 1 amide bonds. The summed E-state index contributed by atoms with van der Waals surface area (Å²) in [6, 6.07) is -1.08. The molecule has 0 aromatic rings. The van der Waals surface area contributed by atoms with Crippen LogP contribution in [0.5, 0.6) is 0 Å². The number of Topliss-reactive ketones (excluding diaryl/α,β-unsaturated/α-hetero) is 3. The van der Waals surface area contributed by atoms with Gasteiger partial charge in [-0.1, -0.05) is 55.4 Å². The highest BCUT2D eigenvalue weighted by Crippen LogP contribution is 2.16. The van der Waals surface area contributed by atoms with Crippen LogP contribution in [0.2, 0.25) is 0 Å². The Hall–Kier alpha value is -1.73.